The Morgan fingerprint density at radius 3 is 2.67 bits per heavy atom. The third kappa shape index (κ3) is 5.15. The molecule has 1 aromatic carbocycles. The van der Waals surface area contributed by atoms with Crippen LogP contribution >= 0.6 is 0 Å². The summed E-state index contributed by atoms with van der Waals surface area (Å²) in [5, 5.41) is 2.67. The molecule has 0 aliphatic carbocycles. The van der Waals surface area contributed by atoms with Crippen LogP contribution in [0, 0.1) is 0 Å². The van der Waals surface area contributed by atoms with E-state index in [1.54, 1.807) is 25.3 Å². The van der Waals surface area contributed by atoms with E-state index >= 15 is 0 Å². The molecule has 116 valence electrons. The average molecular weight is 295 g/mol. The summed E-state index contributed by atoms with van der Waals surface area (Å²) in [7, 11) is 1.57. The summed E-state index contributed by atoms with van der Waals surface area (Å²) in [6.07, 6.45) is -0.360. The lowest BCUT2D eigenvalue weighted by atomic mass is 10.2. The number of epoxide rings is 1. The number of hydrogen-bond donors (Lipinski definition) is 1. The summed E-state index contributed by atoms with van der Waals surface area (Å²) < 4.78 is 21.2. The van der Waals surface area contributed by atoms with Crippen molar-refractivity contribution in [3.8, 4) is 11.5 Å². The van der Waals surface area contributed by atoms with Crippen LogP contribution in [0.3, 0.4) is 0 Å². The summed E-state index contributed by atoms with van der Waals surface area (Å²) in [6.45, 7) is 6.62. The van der Waals surface area contributed by atoms with E-state index in [-0.39, 0.29) is 6.10 Å². The minimum absolute atomic E-state index is 0.150. The van der Waals surface area contributed by atoms with Crippen LogP contribution < -0.4 is 14.8 Å². The third-order valence-corrected chi connectivity index (χ3v) is 2.64. The summed E-state index contributed by atoms with van der Waals surface area (Å²) in [4.78, 5) is 11.7. The van der Waals surface area contributed by atoms with E-state index in [0.29, 0.717) is 23.8 Å². The van der Waals surface area contributed by atoms with Gasteiger partial charge < -0.3 is 18.9 Å². The maximum Gasteiger partial charge on any atom is 0.412 e. The molecule has 1 amide bonds. The molecule has 6 nitrogen and oxygen atoms in total. The number of anilines is 1. The van der Waals surface area contributed by atoms with Crippen LogP contribution in [0.4, 0.5) is 10.5 Å². The Kier molecular flexibility index (Phi) is 4.57. The number of hydrogen-bond acceptors (Lipinski definition) is 5. The van der Waals surface area contributed by atoms with Crippen LogP contribution in [0.1, 0.15) is 20.8 Å². The first-order valence-corrected chi connectivity index (χ1v) is 6.80. The zero-order valence-corrected chi connectivity index (χ0v) is 12.8. The largest absolute Gasteiger partial charge is 0.493 e. The van der Waals surface area contributed by atoms with Gasteiger partial charge in [0.1, 0.15) is 18.3 Å². The average Bonchev–Trinajstić information content (AvgIpc) is 3.18. The van der Waals surface area contributed by atoms with Crippen molar-refractivity contribution in [3.63, 3.8) is 0 Å². The van der Waals surface area contributed by atoms with E-state index in [4.69, 9.17) is 18.9 Å². The van der Waals surface area contributed by atoms with Gasteiger partial charge in [-0.2, -0.15) is 0 Å². The fourth-order valence-corrected chi connectivity index (χ4v) is 1.64. The molecule has 1 aromatic rings. The van der Waals surface area contributed by atoms with Crippen molar-refractivity contribution in [1.82, 2.24) is 0 Å². The molecule has 0 unspecified atom stereocenters. The van der Waals surface area contributed by atoms with Crippen molar-refractivity contribution in [2.75, 3.05) is 25.6 Å². The predicted octanol–water partition coefficient (Wildman–Crippen LogP) is 2.82. The fraction of sp³-hybridized carbons (Fsp3) is 0.533. The number of amides is 1. The Balaban J connectivity index is 2.01. The van der Waals surface area contributed by atoms with E-state index in [0.717, 1.165) is 6.61 Å². The molecular formula is C15H21NO5. The Labute approximate surface area is 124 Å². The molecule has 1 saturated heterocycles. The zero-order valence-electron chi connectivity index (χ0n) is 12.8. The first-order chi connectivity index (χ1) is 9.87. The fourth-order valence-electron chi connectivity index (χ4n) is 1.64. The maximum absolute atomic E-state index is 11.7. The molecule has 1 atom stereocenters. The van der Waals surface area contributed by atoms with Gasteiger partial charge in [0.15, 0.2) is 11.5 Å². The molecule has 2 rings (SSSR count). The van der Waals surface area contributed by atoms with E-state index in [9.17, 15) is 4.79 Å². The number of rotatable bonds is 5. The van der Waals surface area contributed by atoms with Gasteiger partial charge in [0.05, 0.1) is 13.7 Å². The van der Waals surface area contributed by atoms with Crippen molar-refractivity contribution in [1.29, 1.82) is 0 Å². The molecule has 0 bridgehead atoms. The normalized spacial score (nSPS) is 17.0. The van der Waals surface area contributed by atoms with Crippen LogP contribution in [0.25, 0.3) is 0 Å². The van der Waals surface area contributed by atoms with E-state index in [2.05, 4.69) is 5.32 Å². The Bertz CT molecular complexity index is 505. The first kappa shape index (κ1) is 15.4. The van der Waals surface area contributed by atoms with Gasteiger partial charge in [-0.05, 0) is 32.9 Å². The van der Waals surface area contributed by atoms with Crippen molar-refractivity contribution in [3.05, 3.63) is 18.2 Å². The summed E-state index contributed by atoms with van der Waals surface area (Å²) in [6, 6.07) is 5.16. The highest BCUT2D eigenvalue weighted by Gasteiger charge is 2.24. The van der Waals surface area contributed by atoms with Crippen LogP contribution in [0.2, 0.25) is 0 Å². The van der Waals surface area contributed by atoms with Gasteiger partial charge in [-0.3, -0.25) is 5.32 Å². The predicted molar refractivity (Wildman–Crippen MR) is 78.1 cm³/mol. The minimum Gasteiger partial charge on any atom is -0.493 e. The smallest absolute Gasteiger partial charge is 0.412 e. The van der Waals surface area contributed by atoms with Gasteiger partial charge in [0, 0.05) is 11.8 Å². The standard InChI is InChI=1S/C15H21NO5/c1-15(2,3)21-14(17)16-10-5-6-12(18-4)13(7-10)20-9-11-8-19-11/h5-7,11H,8-9H2,1-4H3,(H,16,17)/t11-/m0/s1. The highest BCUT2D eigenvalue weighted by molar-refractivity contribution is 5.85. The quantitative estimate of drug-likeness (QED) is 0.846. The molecular weight excluding hydrogens is 274 g/mol. The topological polar surface area (TPSA) is 69.3 Å². The highest BCUT2D eigenvalue weighted by atomic mass is 16.6. The molecule has 1 fully saturated rings. The summed E-state index contributed by atoms with van der Waals surface area (Å²) in [5.41, 5.74) is 0.0379. The van der Waals surface area contributed by atoms with E-state index in [1.807, 2.05) is 20.8 Å². The molecule has 0 spiro atoms. The number of nitrogens with one attached hydrogen (secondary N) is 1. The molecule has 0 aromatic heterocycles. The molecule has 1 aliphatic heterocycles. The van der Waals surface area contributed by atoms with Gasteiger partial charge in [-0.15, -0.1) is 0 Å². The van der Waals surface area contributed by atoms with Crippen molar-refractivity contribution < 1.29 is 23.7 Å². The third-order valence-electron chi connectivity index (χ3n) is 2.64. The van der Waals surface area contributed by atoms with Gasteiger partial charge in [0.2, 0.25) is 0 Å². The molecule has 21 heavy (non-hydrogen) atoms. The molecule has 1 N–H and O–H groups in total. The number of benzene rings is 1. The van der Waals surface area contributed by atoms with Gasteiger partial charge in [-0.1, -0.05) is 0 Å². The van der Waals surface area contributed by atoms with E-state index in [1.165, 1.54) is 0 Å². The van der Waals surface area contributed by atoms with Crippen LogP contribution in [-0.4, -0.2) is 38.1 Å². The number of ether oxygens (including phenoxy) is 4. The Morgan fingerprint density at radius 2 is 2.10 bits per heavy atom. The SMILES string of the molecule is COc1ccc(NC(=O)OC(C)(C)C)cc1OC[C@@H]1CO1. The highest BCUT2D eigenvalue weighted by Crippen LogP contribution is 2.31. The second kappa shape index (κ2) is 6.22. The molecule has 0 saturated carbocycles. The maximum atomic E-state index is 11.7. The lowest BCUT2D eigenvalue weighted by molar-refractivity contribution is 0.0636. The van der Waals surface area contributed by atoms with Crippen molar-refractivity contribution >= 4 is 11.8 Å². The molecule has 1 aliphatic rings. The Morgan fingerprint density at radius 1 is 1.38 bits per heavy atom. The van der Waals surface area contributed by atoms with Gasteiger partial charge in [-0.25, -0.2) is 4.79 Å². The second-order valence-electron chi connectivity index (χ2n) is 5.76. The monoisotopic (exact) mass is 295 g/mol. The van der Waals surface area contributed by atoms with E-state index < -0.39 is 11.7 Å². The van der Waals surface area contributed by atoms with Crippen LogP contribution in [-0.2, 0) is 9.47 Å². The van der Waals surface area contributed by atoms with Crippen molar-refractivity contribution in [2.24, 2.45) is 0 Å². The lowest BCUT2D eigenvalue weighted by Gasteiger charge is -2.20. The number of carbonyl (C=O) groups excluding carboxylic acids is 1. The van der Waals surface area contributed by atoms with Gasteiger partial charge in [0.25, 0.3) is 0 Å². The van der Waals surface area contributed by atoms with Crippen LogP contribution in [0.5, 0.6) is 11.5 Å². The molecule has 1 heterocycles. The molecule has 0 radical (unpaired) electrons. The summed E-state index contributed by atoms with van der Waals surface area (Å²) in [5.74, 6) is 1.16. The number of methoxy groups -OCH3 is 1. The molecule has 6 heteroatoms. The minimum atomic E-state index is -0.542. The number of carbonyl (C=O) groups is 1. The lowest BCUT2D eigenvalue weighted by Crippen LogP contribution is -2.27. The second-order valence-corrected chi connectivity index (χ2v) is 5.76. The van der Waals surface area contributed by atoms with Crippen molar-refractivity contribution in [2.45, 2.75) is 32.5 Å². The van der Waals surface area contributed by atoms with Gasteiger partial charge >= 0.3 is 6.09 Å². The summed E-state index contributed by atoms with van der Waals surface area (Å²) >= 11 is 0. The zero-order chi connectivity index (χ0) is 15.5. The first-order valence-electron chi connectivity index (χ1n) is 6.80. The Hall–Kier alpha value is -1.95. The van der Waals surface area contributed by atoms with Crippen LogP contribution in [0.15, 0.2) is 18.2 Å².